The van der Waals surface area contributed by atoms with Gasteiger partial charge in [0.15, 0.2) is 5.75 Å². The Morgan fingerprint density at radius 2 is 2.07 bits per heavy atom. The van der Waals surface area contributed by atoms with Crippen LogP contribution in [0.5, 0.6) is 11.6 Å². The predicted octanol–water partition coefficient (Wildman–Crippen LogP) is 1.52. The van der Waals surface area contributed by atoms with Crippen LogP contribution >= 0.6 is 0 Å². The van der Waals surface area contributed by atoms with Crippen LogP contribution in [0.4, 0.5) is 5.69 Å². The number of imide groups is 1. The summed E-state index contributed by atoms with van der Waals surface area (Å²) < 4.78 is 5.76. The van der Waals surface area contributed by atoms with E-state index in [0.29, 0.717) is 33.7 Å². The van der Waals surface area contributed by atoms with Crippen LogP contribution in [0.1, 0.15) is 23.2 Å². The van der Waals surface area contributed by atoms with Gasteiger partial charge in [-0.25, -0.2) is 4.98 Å². The number of hydrogen-bond donors (Lipinski definition) is 2. The van der Waals surface area contributed by atoms with Crippen molar-refractivity contribution in [1.82, 2.24) is 20.5 Å². The van der Waals surface area contributed by atoms with Crippen LogP contribution in [0.25, 0.3) is 10.8 Å². The number of aromatic nitrogens is 3. The fraction of sp³-hybridized carbons (Fsp3) is 0.167. The third-order valence-electron chi connectivity index (χ3n) is 4.77. The second kappa shape index (κ2) is 5.63. The number of anilines is 1. The monoisotopic (exact) mass is 363 g/mol. The van der Waals surface area contributed by atoms with Gasteiger partial charge in [0.05, 0.1) is 29.8 Å². The van der Waals surface area contributed by atoms with E-state index in [1.807, 2.05) is 6.07 Å². The summed E-state index contributed by atoms with van der Waals surface area (Å²) in [6, 6.07) is 4.53. The maximum Gasteiger partial charge on any atom is 0.259 e. The molecule has 4 heterocycles. The molecule has 1 unspecified atom stereocenters. The van der Waals surface area contributed by atoms with Gasteiger partial charge in [0.1, 0.15) is 6.04 Å². The van der Waals surface area contributed by atoms with Gasteiger partial charge in [-0.1, -0.05) is 6.07 Å². The van der Waals surface area contributed by atoms with Crippen molar-refractivity contribution in [2.45, 2.75) is 18.9 Å². The first-order valence-electron chi connectivity index (χ1n) is 8.39. The fourth-order valence-electron chi connectivity index (χ4n) is 3.59. The van der Waals surface area contributed by atoms with E-state index in [0.717, 1.165) is 0 Å². The number of benzene rings is 1. The van der Waals surface area contributed by atoms with E-state index in [4.69, 9.17) is 4.74 Å². The lowest BCUT2D eigenvalue weighted by Crippen LogP contribution is -2.53. The molecule has 9 heteroatoms. The number of carbonyl (C=O) groups is 3. The third kappa shape index (κ3) is 2.28. The molecule has 1 aromatic carbocycles. The van der Waals surface area contributed by atoms with Gasteiger partial charge < -0.3 is 4.74 Å². The minimum absolute atomic E-state index is 0.189. The largest absolute Gasteiger partial charge is 0.435 e. The predicted molar refractivity (Wildman–Crippen MR) is 93.4 cm³/mol. The van der Waals surface area contributed by atoms with Crippen LogP contribution < -0.4 is 15.0 Å². The zero-order valence-electron chi connectivity index (χ0n) is 13.9. The Balaban J connectivity index is 1.62. The van der Waals surface area contributed by atoms with E-state index in [2.05, 4.69) is 20.5 Å². The molecule has 1 fully saturated rings. The standard InChI is InChI=1S/C18H13N5O4/c24-14-5-4-12(16(25)22-14)23-13-8-19-17(27-9-6-20-21-7-9)10-2-1-3-11(15(10)13)18(23)26/h1-3,6-8,12H,4-5H2,(H,20,21)(H,22,24,25). The Kier molecular flexibility index (Phi) is 3.23. The molecular weight excluding hydrogens is 350 g/mol. The lowest BCUT2D eigenvalue weighted by Gasteiger charge is -2.30. The maximum absolute atomic E-state index is 13.0. The second-order valence-electron chi connectivity index (χ2n) is 6.35. The first-order valence-corrected chi connectivity index (χ1v) is 8.39. The van der Waals surface area contributed by atoms with Crippen molar-refractivity contribution < 1.29 is 19.1 Å². The van der Waals surface area contributed by atoms with E-state index in [9.17, 15) is 14.4 Å². The molecule has 2 aliphatic rings. The molecule has 0 radical (unpaired) electrons. The zero-order chi connectivity index (χ0) is 18.5. The molecule has 1 saturated heterocycles. The maximum atomic E-state index is 13.0. The molecule has 9 nitrogen and oxygen atoms in total. The molecule has 0 bridgehead atoms. The molecule has 0 saturated carbocycles. The van der Waals surface area contributed by atoms with Crippen molar-refractivity contribution in [3.05, 3.63) is 42.4 Å². The lowest BCUT2D eigenvalue weighted by molar-refractivity contribution is -0.134. The zero-order valence-corrected chi connectivity index (χ0v) is 13.9. The quantitative estimate of drug-likeness (QED) is 0.681. The Morgan fingerprint density at radius 1 is 1.19 bits per heavy atom. The summed E-state index contributed by atoms with van der Waals surface area (Å²) in [7, 11) is 0. The third-order valence-corrected chi connectivity index (χ3v) is 4.77. The van der Waals surface area contributed by atoms with Crippen LogP contribution in [0.15, 0.2) is 36.8 Å². The van der Waals surface area contributed by atoms with E-state index in [1.165, 1.54) is 17.3 Å². The Labute approximate surface area is 152 Å². The Bertz CT molecular complexity index is 1110. The summed E-state index contributed by atoms with van der Waals surface area (Å²) in [4.78, 5) is 42.5. The van der Waals surface area contributed by atoms with Gasteiger partial charge in [-0.3, -0.25) is 29.7 Å². The highest BCUT2D eigenvalue weighted by atomic mass is 16.5. The van der Waals surface area contributed by atoms with Crippen LogP contribution in [-0.4, -0.2) is 38.9 Å². The molecule has 2 aliphatic heterocycles. The molecule has 3 amide bonds. The molecule has 134 valence electrons. The molecule has 5 rings (SSSR count). The number of ether oxygens (including phenoxy) is 1. The van der Waals surface area contributed by atoms with E-state index in [-0.39, 0.29) is 24.7 Å². The lowest BCUT2D eigenvalue weighted by atomic mass is 10.0. The highest BCUT2D eigenvalue weighted by Gasteiger charge is 2.41. The number of rotatable bonds is 3. The molecular formula is C18H13N5O4. The van der Waals surface area contributed by atoms with Gasteiger partial charge in [0, 0.05) is 17.2 Å². The van der Waals surface area contributed by atoms with Crippen molar-refractivity contribution in [2.75, 3.05) is 4.90 Å². The molecule has 0 aliphatic carbocycles. The van der Waals surface area contributed by atoms with Gasteiger partial charge in [-0.05, 0) is 18.6 Å². The molecule has 1 atom stereocenters. The van der Waals surface area contributed by atoms with Gasteiger partial charge in [0.25, 0.3) is 5.91 Å². The number of carbonyl (C=O) groups excluding carboxylic acids is 3. The van der Waals surface area contributed by atoms with Crippen LogP contribution in [0.3, 0.4) is 0 Å². The van der Waals surface area contributed by atoms with Gasteiger partial charge in [-0.2, -0.15) is 5.10 Å². The minimum Gasteiger partial charge on any atom is -0.435 e. The number of nitrogens with one attached hydrogen (secondary N) is 2. The number of piperidine rings is 1. The van der Waals surface area contributed by atoms with Crippen LogP contribution in [0, 0.1) is 0 Å². The highest BCUT2D eigenvalue weighted by molar-refractivity contribution is 6.27. The van der Waals surface area contributed by atoms with Crippen molar-refractivity contribution in [2.24, 2.45) is 0 Å². The number of H-pyrrole nitrogens is 1. The summed E-state index contributed by atoms with van der Waals surface area (Å²) in [5.41, 5.74) is 1.02. The summed E-state index contributed by atoms with van der Waals surface area (Å²) in [5.74, 6) is -0.247. The number of pyridine rings is 1. The number of amides is 3. The van der Waals surface area contributed by atoms with Crippen LogP contribution in [-0.2, 0) is 9.59 Å². The number of aromatic amines is 1. The topological polar surface area (TPSA) is 117 Å². The second-order valence-corrected chi connectivity index (χ2v) is 6.35. The van der Waals surface area contributed by atoms with Gasteiger partial charge in [0.2, 0.25) is 17.7 Å². The number of hydrogen-bond acceptors (Lipinski definition) is 6. The molecule has 2 N–H and O–H groups in total. The minimum atomic E-state index is -0.742. The molecule has 27 heavy (non-hydrogen) atoms. The Morgan fingerprint density at radius 3 is 2.85 bits per heavy atom. The molecule has 0 spiro atoms. The SMILES string of the molecule is O=C1CCC(N2C(=O)c3cccc4c(Oc5cn[nH]c5)ncc2c34)C(=O)N1. The van der Waals surface area contributed by atoms with Crippen molar-refractivity contribution in [1.29, 1.82) is 0 Å². The number of nitrogens with zero attached hydrogens (tertiary/aromatic N) is 3. The first-order chi connectivity index (χ1) is 13.1. The highest BCUT2D eigenvalue weighted by Crippen LogP contribution is 2.42. The molecule has 2 aromatic heterocycles. The summed E-state index contributed by atoms with van der Waals surface area (Å²) in [5, 5.41) is 10.1. The fourth-order valence-corrected chi connectivity index (χ4v) is 3.59. The average Bonchev–Trinajstić information content (AvgIpc) is 3.26. The summed E-state index contributed by atoms with van der Waals surface area (Å²) >= 11 is 0. The Hall–Kier alpha value is -3.75. The van der Waals surface area contributed by atoms with E-state index >= 15 is 0 Å². The van der Waals surface area contributed by atoms with Crippen molar-refractivity contribution in [3.63, 3.8) is 0 Å². The summed E-state index contributed by atoms with van der Waals surface area (Å²) in [6.07, 6.45) is 5.10. The van der Waals surface area contributed by atoms with Crippen LogP contribution in [0.2, 0.25) is 0 Å². The van der Waals surface area contributed by atoms with Gasteiger partial charge in [-0.15, -0.1) is 0 Å². The van der Waals surface area contributed by atoms with E-state index < -0.39 is 11.9 Å². The van der Waals surface area contributed by atoms with Crippen molar-refractivity contribution in [3.8, 4) is 11.6 Å². The molecule has 3 aromatic rings. The first kappa shape index (κ1) is 15.5. The smallest absolute Gasteiger partial charge is 0.259 e. The van der Waals surface area contributed by atoms with Crippen molar-refractivity contribution >= 4 is 34.2 Å². The average molecular weight is 363 g/mol. The normalized spacial score (nSPS) is 18.9. The van der Waals surface area contributed by atoms with E-state index in [1.54, 1.807) is 18.3 Å². The summed E-state index contributed by atoms with van der Waals surface area (Å²) in [6.45, 7) is 0. The van der Waals surface area contributed by atoms with Gasteiger partial charge >= 0.3 is 0 Å².